The predicted molar refractivity (Wildman–Crippen MR) is 121 cm³/mol. The van der Waals surface area contributed by atoms with Crippen molar-refractivity contribution < 1.29 is 21.6 Å². The molecule has 0 spiro atoms. The lowest BCUT2D eigenvalue weighted by atomic mass is 10.0. The molecule has 11 heteroatoms. The summed E-state index contributed by atoms with van der Waals surface area (Å²) in [5.74, 6) is -0.195. The minimum absolute atomic E-state index is 0.0718. The van der Waals surface area contributed by atoms with E-state index in [1.54, 1.807) is 10.4 Å². The van der Waals surface area contributed by atoms with Crippen molar-refractivity contribution in [1.82, 2.24) is 9.62 Å². The van der Waals surface area contributed by atoms with Crippen LogP contribution >= 0.6 is 11.3 Å². The molecule has 0 bridgehead atoms. The van der Waals surface area contributed by atoms with Crippen molar-refractivity contribution in [2.75, 3.05) is 4.72 Å². The Morgan fingerprint density at radius 3 is 2.23 bits per heavy atom. The Hall–Kier alpha value is -1.95. The first-order valence-electron chi connectivity index (χ1n) is 10.0. The average molecular weight is 486 g/mol. The molecular weight excluding hydrogens is 458 g/mol. The number of carbonyl (C=O) groups is 1. The van der Waals surface area contributed by atoms with Gasteiger partial charge in [0.1, 0.15) is 4.21 Å². The van der Waals surface area contributed by atoms with E-state index in [-0.39, 0.29) is 39.3 Å². The average Bonchev–Trinajstić information content (AvgIpc) is 3.16. The number of hydrogen-bond acceptors (Lipinski definition) is 6. The first kappa shape index (κ1) is 23.7. The smallest absolute Gasteiger partial charge is 0.271 e. The second kappa shape index (κ2) is 9.27. The third-order valence-electron chi connectivity index (χ3n) is 5.21. The Labute approximate surface area is 187 Å². The topological polar surface area (TPSA) is 113 Å². The van der Waals surface area contributed by atoms with Crippen LogP contribution in [0.25, 0.3) is 0 Å². The summed E-state index contributed by atoms with van der Waals surface area (Å²) < 4.78 is 55.6. The van der Waals surface area contributed by atoms with Crippen molar-refractivity contribution >= 4 is 43.0 Å². The van der Waals surface area contributed by atoms with Gasteiger partial charge in [0.05, 0.1) is 11.4 Å². The van der Waals surface area contributed by atoms with Crippen molar-refractivity contribution in [2.45, 2.75) is 67.8 Å². The summed E-state index contributed by atoms with van der Waals surface area (Å²) in [4.78, 5) is 11.9. The number of piperidine rings is 1. The van der Waals surface area contributed by atoms with Gasteiger partial charge >= 0.3 is 0 Å². The number of hydrogen-bond donors (Lipinski definition) is 2. The van der Waals surface area contributed by atoms with Crippen molar-refractivity contribution in [1.29, 1.82) is 0 Å². The summed E-state index contributed by atoms with van der Waals surface area (Å²) in [5.41, 5.74) is 0.274. The summed E-state index contributed by atoms with van der Waals surface area (Å²) in [6.07, 6.45) is 2.66. The SMILES string of the molecule is CC(=O)NCc1ccc(S(=O)(=O)Nc2ccc(S(=O)(=O)N3C(C)CCCC3C)cc2)s1. The van der Waals surface area contributed by atoms with E-state index in [2.05, 4.69) is 10.0 Å². The Balaban J connectivity index is 1.75. The van der Waals surface area contributed by atoms with E-state index in [9.17, 15) is 21.6 Å². The lowest BCUT2D eigenvalue weighted by Crippen LogP contribution is -2.47. The molecule has 2 unspecified atom stereocenters. The Morgan fingerprint density at radius 2 is 1.65 bits per heavy atom. The molecule has 1 amide bonds. The maximum Gasteiger partial charge on any atom is 0.271 e. The maximum absolute atomic E-state index is 13.1. The van der Waals surface area contributed by atoms with E-state index in [0.717, 1.165) is 30.6 Å². The highest BCUT2D eigenvalue weighted by Gasteiger charge is 2.35. The standard InChI is InChI=1S/C20H27N3O5S3/c1-14-5-4-6-15(2)23(14)31(27,28)19-10-7-17(8-11-19)22-30(25,26)20-12-9-18(29-20)13-21-16(3)24/h7-12,14-15,22H,4-6,13H2,1-3H3,(H,21,24). The van der Waals surface area contributed by atoms with Crippen LogP contribution in [0.3, 0.4) is 0 Å². The third-order valence-corrected chi connectivity index (χ3v) is 10.3. The predicted octanol–water partition coefficient (Wildman–Crippen LogP) is 3.14. The van der Waals surface area contributed by atoms with Gasteiger partial charge < -0.3 is 5.32 Å². The molecule has 0 aliphatic carbocycles. The number of nitrogens with zero attached hydrogens (tertiary/aromatic N) is 1. The lowest BCUT2D eigenvalue weighted by molar-refractivity contribution is -0.119. The second-order valence-corrected chi connectivity index (χ2v) is 12.6. The number of amides is 1. The van der Waals surface area contributed by atoms with Crippen LogP contribution in [0.1, 0.15) is 44.9 Å². The van der Waals surface area contributed by atoms with Crippen LogP contribution in [0.15, 0.2) is 45.5 Å². The molecule has 31 heavy (non-hydrogen) atoms. The molecule has 0 radical (unpaired) electrons. The Bertz CT molecular complexity index is 1130. The number of sulfonamides is 2. The van der Waals surface area contributed by atoms with E-state index < -0.39 is 20.0 Å². The highest BCUT2D eigenvalue weighted by atomic mass is 32.2. The Morgan fingerprint density at radius 1 is 1.03 bits per heavy atom. The largest absolute Gasteiger partial charge is 0.351 e. The van der Waals surface area contributed by atoms with E-state index in [0.29, 0.717) is 4.88 Å². The molecule has 1 saturated heterocycles. The molecule has 1 aromatic heterocycles. The van der Waals surface area contributed by atoms with Crippen LogP contribution < -0.4 is 10.0 Å². The molecule has 2 heterocycles. The van der Waals surface area contributed by atoms with Crippen molar-refractivity contribution in [3.05, 3.63) is 41.3 Å². The quantitative estimate of drug-likeness (QED) is 0.626. The van der Waals surface area contributed by atoms with Gasteiger partial charge in [0.25, 0.3) is 10.0 Å². The van der Waals surface area contributed by atoms with Crippen molar-refractivity contribution in [3.63, 3.8) is 0 Å². The van der Waals surface area contributed by atoms with Gasteiger partial charge in [-0.05, 0) is 63.1 Å². The molecular formula is C20H27N3O5S3. The molecule has 1 aliphatic rings. The number of rotatable bonds is 7. The van der Waals surface area contributed by atoms with Gasteiger partial charge in [-0.3, -0.25) is 9.52 Å². The fourth-order valence-electron chi connectivity index (χ4n) is 3.70. The van der Waals surface area contributed by atoms with Gasteiger partial charge in [-0.2, -0.15) is 4.31 Å². The molecule has 1 fully saturated rings. The molecule has 8 nitrogen and oxygen atoms in total. The molecule has 2 N–H and O–H groups in total. The first-order chi connectivity index (χ1) is 14.5. The molecule has 2 aromatic rings. The molecule has 0 saturated carbocycles. The van der Waals surface area contributed by atoms with Gasteiger partial charge in [-0.1, -0.05) is 6.42 Å². The van der Waals surface area contributed by atoms with Crippen molar-refractivity contribution in [3.8, 4) is 0 Å². The van der Waals surface area contributed by atoms with Crippen LogP contribution in [0, 0.1) is 0 Å². The van der Waals surface area contributed by atoms with Crippen LogP contribution in [0.4, 0.5) is 5.69 Å². The van der Waals surface area contributed by atoms with E-state index in [1.807, 2.05) is 13.8 Å². The van der Waals surface area contributed by atoms with Crippen LogP contribution in [0.5, 0.6) is 0 Å². The van der Waals surface area contributed by atoms with E-state index >= 15 is 0 Å². The monoisotopic (exact) mass is 485 g/mol. The number of benzene rings is 1. The number of thiophene rings is 1. The maximum atomic E-state index is 13.1. The minimum atomic E-state index is -3.82. The fraction of sp³-hybridized carbons (Fsp3) is 0.450. The fourth-order valence-corrected chi connectivity index (χ4v) is 7.94. The second-order valence-electron chi connectivity index (χ2n) is 7.72. The van der Waals surface area contributed by atoms with Gasteiger partial charge in [0.15, 0.2) is 0 Å². The van der Waals surface area contributed by atoms with Crippen LogP contribution in [0.2, 0.25) is 0 Å². The summed E-state index contributed by atoms with van der Waals surface area (Å²) in [7, 11) is -7.48. The van der Waals surface area contributed by atoms with Crippen LogP contribution in [-0.2, 0) is 31.4 Å². The van der Waals surface area contributed by atoms with E-state index in [1.165, 1.54) is 37.3 Å². The van der Waals surface area contributed by atoms with Crippen molar-refractivity contribution in [2.24, 2.45) is 0 Å². The molecule has 3 rings (SSSR count). The summed E-state index contributed by atoms with van der Waals surface area (Å²) in [6, 6.07) is 8.74. The number of nitrogens with one attached hydrogen (secondary N) is 2. The van der Waals surface area contributed by atoms with E-state index in [4.69, 9.17) is 0 Å². The van der Waals surface area contributed by atoms with Gasteiger partial charge in [-0.25, -0.2) is 16.8 Å². The number of carbonyl (C=O) groups excluding carboxylic acids is 1. The minimum Gasteiger partial charge on any atom is -0.351 e. The first-order valence-corrected chi connectivity index (χ1v) is 13.7. The Kier molecular flexibility index (Phi) is 7.09. The normalized spacial score (nSPS) is 20.4. The lowest BCUT2D eigenvalue weighted by Gasteiger charge is -2.37. The summed E-state index contributed by atoms with van der Waals surface area (Å²) in [6.45, 7) is 5.48. The van der Waals surface area contributed by atoms with Crippen LogP contribution in [-0.4, -0.2) is 39.1 Å². The molecule has 1 aromatic carbocycles. The zero-order chi connectivity index (χ0) is 22.8. The zero-order valence-electron chi connectivity index (χ0n) is 17.7. The summed E-state index contributed by atoms with van der Waals surface area (Å²) >= 11 is 1.06. The third kappa shape index (κ3) is 5.46. The van der Waals surface area contributed by atoms with Gasteiger partial charge in [0.2, 0.25) is 15.9 Å². The zero-order valence-corrected chi connectivity index (χ0v) is 20.1. The van der Waals surface area contributed by atoms with Gasteiger partial charge in [-0.15, -0.1) is 11.3 Å². The molecule has 170 valence electrons. The summed E-state index contributed by atoms with van der Waals surface area (Å²) in [5, 5.41) is 2.63. The number of anilines is 1. The van der Waals surface area contributed by atoms with Gasteiger partial charge in [0, 0.05) is 29.6 Å². The molecule has 2 atom stereocenters. The highest BCUT2D eigenvalue weighted by Crippen LogP contribution is 2.30. The highest BCUT2D eigenvalue weighted by molar-refractivity contribution is 7.94. The molecule has 1 aliphatic heterocycles.